The van der Waals surface area contributed by atoms with E-state index in [1.54, 1.807) is 36.1 Å². The first-order valence-corrected chi connectivity index (χ1v) is 12.4. The molecule has 2 aliphatic heterocycles. The number of carbonyl (C=O) groups excluding carboxylic acids is 1. The van der Waals surface area contributed by atoms with Crippen LogP contribution in [-0.2, 0) is 13.0 Å². The number of nitrogens with zero attached hydrogens (tertiary/aromatic N) is 5. The van der Waals surface area contributed by atoms with Crippen LogP contribution in [0, 0.1) is 28.8 Å². The third-order valence-corrected chi connectivity index (χ3v) is 7.03. The van der Waals surface area contributed by atoms with Crippen molar-refractivity contribution in [1.82, 2.24) is 14.9 Å². The van der Waals surface area contributed by atoms with Crippen molar-refractivity contribution in [2.75, 3.05) is 24.5 Å². The maximum Gasteiger partial charge on any atom is 0.273 e. The average Bonchev–Trinajstić information content (AvgIpc) is 2.88. The summed E-state index contributed by atoms with van der Waals surface area (Å²) in [6, 6.07) is 10.3. The van der Waals surface area contributed by atoms with Gasteiger partial charge in [0.2, 0.25) is 11.8 Å². The molecule has 9 nitrogen and oxygen atoms in total. The third kappa shape index (κ3) is 5.23. The van der Waals surface area contributed by atoms with Gasteiger partial charge in [0.15, 0.2) is 0 Å². The van der Waals surface area contributed by atoms with Gasteiger partial charge in [-0.05, 0) is 43.9 Å². The number of amides is 1. The zero-order valence-electron chi connectivity index (χ0n) is 20.8. The van der Waals surface area contributed by atoms with Crippen LogP contribution in [-0.4, -0.2) is 45.3 Å². The lowest BCUT2D eigenvalue weighted by molar-refractivity contribution is -0.385. The first-order valence-electron chi connectivity index (χ1n) is 12.4. The van der Waals surface area contributed by atoms with E-state index in [0.717, 1.165) is 31.6 Å². The van der Waals surface area contributed by atoms with Crippen LogP contribution in [0.1, 0.15) is 46.9 Å². The number of benzene rings is 2. The molecule has 3 aromatic rings. The van der Waals surface area contributed by atoms with Gasteiger partial charge in [-0.25, -0.2) is 9.37 Å². The molecule has 0 unspecified atom stereocenters. The summed E-state index contributed by atoms with van der Waals surface area (Å²) in [6.07, 6.45) is 2.57. The second-order valence-corrected chi connectivity index (χ2v) is 9.72. The van der Waals surface area contributed by atoms with Gasteiger partial charge in [0.1, 0.15) is 11.6 Å². The van der Waals surface area contributed by atoms with Gasteiger partial charge >= 0.3 is 0 Å². The van der Waals surface area contributed by atoms with Gasteiger partial charge in [-0.2, -0.15) is 4.98 Å². The maximum absolute atomic E-state index is 13.9. The van der Waals surface area contributed by atoms with E-state index in [4.69, 9.17) is 14.7 Å². The second kappa shape index (κ2) is 10.1. The number of nitro groups is 1. The molecule has 2 aromatic carbocycles. The van der Waals surface area contributed by atoms with E-state index >= 15 is 0 Å². The molecule has 0 atom stereocenters. The highest BCUT2D eigenvalue weighted by molar-refractivity contribution is 5.95. The number of aryl methyl sites for hydroxylation is 1. The molecule has 192 valence electrons. The highest BCUT2D eigenvalue weighted by atomic mass is 19.1. The van der Waals surface area contributed by atoms with Crippen LogP contribution in [0.25, 0.3) is 0 Å². The Morgan fingerprint density at radius 2 is 1.92 bits per heavy atom. The topological polar surface area (TPSA) is 102 Å². The molecule has 0 aliphatic carbocycles. The molecule has 5 rings (SSSR count). The number of aromatic nitrogens is 2. The molecule has 0 spiro atoms. The van der Waals surface area contributed by atoms with Gasteiger partial charge in [-0.3, -0.25) is 14.9 Å². The van der Waals surface area contributed by atoms with Gasteiger partial charge in [0, 0.05) is 49.3 Å². The Labute approximate surface area is 214 Å². The number of piperidine rings is 1. The summed E-state index contributed by atoms with van der Waals surface area (Å²) in [5.74, 6) is 1.07. The summed E-state index contributed by atoms with van der Waals surface area (Å²) < 4.78 is 19.9. The molecule has 1 fully saturated rings. The average molecular weight is 506 g/mol. The predicted molar refractivity (Wildman–Crippen MR) is 135 cm³/mol. The zero-order chi connectivity index (χ0) is 26.1. The van der Waals surface area contributed by atoms with Crippen molar-refractivity contribution in [3.8, 4) is 11.6 Å². The predicted octanol–water partition coefficient (Wildman–Crippen LogP) is 5.06. The fraction of sp³-hybridized carbons (Fsp3) is 0.370. The number of rotatable bonds is 5. The largest absolute Gasteiger partial charge is 0.438 e. The highest BCUT2D eigenvalue weighted by Gasteiger charge is 2.30. The van der Waals surface area contributed by atoms with E-state index in [2.05, 4.69) is 11.8 Å². The second-order valence-electron chi connectivity index (χ2n) is 9.72. The molecule has 37 heavy (non-hydrogen) atoms. The van der Waals surface area contributed by atoms with E-state index in [-0.39, 0.29) is 29.6 Å². The third-order valence-electron chi connectivity index (χ3n) is 7.03. The first-order chi connectivity index (χ1) is 17.8. The highest BCUT2D eigenvalue weighted by Crippen LogP contribution is 2.33. The number of hydrogen-bond donors (Lipinski definition) is 0. The number of ether oxygens (including phenoxy) is 1. The number of carbonyl (C=O) groups is 1. The fourth-order valence-corrected chi connectivity index (χ4v) is 4.74. The van der Waals surface area contributed by atoms with Crippen LogP contribution in [0.3, 0.4) is 0 Å². The number of nitro benzene ring substituents is 1. The van der Waals surface area contributed by atoms with Crippen molar-refractivity contribution < 1.29 is 18.8 Å². The van der Waals surface area contributed by atoms with Gasteiger partial charge in [0.25, 0.3) is 11.6 Å². The van der Waals surface area contributed by atoms with Crippen LogP contribution < -0.4 is 9.64 Å². The van der Waals surface area contributed by atoms with Crippen molar-refractivity contribution >= 4 is 17.5 Å². The van der Waals surface area contributed by atoms with Crippen molar-refractivity contribution in [3.05, 3.63) is 80.8 Å². The van der Waals surface area contributed by atoms with Crippen LogP contribution in [0.2, 0.25) is 0 Å². The smallest absolute Gasteiger partial charge is 0.273 e. The Kier molecular flexibility index (Phi) is 6.73. The van der Waals surface area contributed by atoms with Crippen LogP contribution in [0.5, 0.6) is 11.6 Å². The van der Waals surface area contributed by atoms with Gasteiger partial charge < -0.3 is 14.5 Å². The fourth-order valence-electron chi connectivity index (χ4n) is 4.74. The molecule has 3 heterocycles. The SMILES string of the molecule is Cc1ccc(C(=O)N2CCc3nc(N4CCC(C)CC4)nc(Oc4cccc(F)c4)c3C2)cc1[N+](=O)[O-]. The number of anilines is 1. The van der Waals surface area contributed by atoms with Crippen molar-refractivity contribution in [1.29, 1.82) is 0 Å². The van der Waals surface area contributed by atoms with Crippen molar-refractivity contribution in [2.45, 2.75) is 39.7 Å². The molecular weight excluding hydrogens is 477 g/mol. The minimum atomic E-state index is -0.487. The monoisotopic (exact) mass is 505 g/mol. The summed E-state index contributed by atoms with van der Waals surface area (Å²) in [4.78, 5) is 37.5. The van der Waals surface area contributed by atoms with E-state index in [0.29, 0.717) is 41.7 Å². The van der Waals surface area contributed by atoms with Gasteiger partial charge in [0.05, 0.1) is 22.7 Å². The summed E-state index contributed by atoms with van der Waals surface area (Å²) in [7, 11) is 0. The lowest BCUT2D eigenvalue weighted by atomic mass is 9.99. The van der Waals surface area contributed by atoms with Gasteiger partial charge in [-0.15, -0.1) is 0 Å². The normalized spacial score (nSPS) is 15.9. The van der Waals surface area contributed by atoms with E-state index in [9.17, 15) is 19.3 Å². The number of halogens is 1. The maximum atomic E-state index is 13.9. The Morgan fingerprint density at radius 3 is 2.65 bits per heavy atom. The molecule has 10 heteroatoms. The molecule has 0 radical (unpaired) electrons. The van der Waals surface area contributed by atoms with Crippen LogP contribution >= 0.6 is 0 Å². The van der Waals surface area contributed by atoms with Crippen LogP contribution in [0.4, 0.5) is 16.0 Å². The molecule has 1 aromatic heterocycles. The van der Waals surface area contributed by atoms with Crippen LogP contribution in [0.15, 0.2) is 42.5 Å². The standard InChI is InChI=1S/C27H28FN5O4/c1-17-8-11-31(12-9-17)27-29-23-10-13-32(26(34)19-7-6-18(2)24(14-19)33(35)36)16-22(23)25(30-27)37-21-5-3-4-20(28)15-21/h3-7,14-15,17H,8-13,16H2,1-2H3. The summed E-state index contributed by atoms with van der Waals surface area (Å²) in [6.45, 7) is 6.14. The van der Waals surface area contributed by atoms with E-state index < -0.39 is 10.7 Å². The Balaban J connectivity index is 1.47. The molecule has 0 saturated carbocycles. The Hall–Kier alpha value is -4.08. The van der Waals surface area contributed by atoms with E-state index in [1.807, 2.05) is 0 Å². The molecule has 1 amide bonds. The van der Waals surface area contributed by atoms with Crippen molar-refractivity contribution in [3.63, 3.8) is 0 Å². The summed E-state index contributed by atoms with van der Waals surface area (Å²) >= 11 is 0. The molecule has 0 N–H and O–H groups in total. The Morgan fingerprint density at radius 1 is 1.14 bits per heavy atom. The molecule has 2 aliphatic rings. The number of fused-ring (bicyclic) bond motifs is 1. The van der Waals surface area contributed by atoms with Crippen molar-refractivity contribution in [2.24, 2.45) is 5.92 Å². The molecule has 0 bridgehead atoms. The minimum absolute atomic E-state index is 0.0952. The quantitative estimate of drug-likeness (QED) is 0.353. The lowest BCUT2D eigenvalue weighted by Crippen LogP contribution is -2.38. The number of hydrogen-bond acceptors (Lipinski definition) is 7. The molecule has 1 saturated heterocycles. The van der Waals surface area contributed by atoms with E-state index in [1.165, 1.54) is 18.2 Å². The minimum Gasteiger partial charge on any atom is -0.438 e. The molecular formula is C27H28FN5O4. The first kappa shape index (κ1) is 24.6. The lowest BCUT2D eigenvalue weighted by Gasteiger charge is -2.33. The van der Waals surface area contributed by atoms with Gasteiger partial charge in [-0.1, -0.05) is 19.1 Å². The Bertz CT molecular complexity index is 1360. The summed E-state index contributed by atoms with van der Waals surface area (Å²) in [5, 5.41) is 11.4. The summed E-state index contributed by atoms with van der Waals surface area (Å²) in [5.41, 5.74) is 2.08. The zero-order valence-corrected chi connectivity index (χ0v) is 20.8.